The molecule has 2 aromatic carbocycles. The molecule has 2 rings (SSSR count). The number of primary amides is 1. The van der Waals surface area contributed by atoms with Crippen molar-refractivity contribution in [1.82, 2.24) is 0 Å². The summed E-state index contributed by atoms with van der Waals surface area (Å²) < 4.78 is 58.7. The first kappa shape index (κ1) is 23.4. The zero-order chi connectivity index (χ0) is 22.4. The number of nitrogen functional groups attached to an aromatic ring is 1. The highest BCUT2D eigenvalue weighted by Crippen LogP contribution is 2.25. The second-order valence-corrected chi connectivity index (χ2v) is 9.66. The van der Waals surface area contributed by atoms with Crippen LogP contribution < -0.4 is 11.5 Å². The second kappa shape index (κ2) is 9.75. The molecule has 0 atom stereocenters. The number of carbonyl (C=O) groups is 1. The van der Waals surface area contributed by atoms with Crippen LogP contribution in [0, 0.1) is 0 Å². The van der Waals surface area contributed by atoms with Crippen LogP contribution in [0.5, 0.6) is 0 Å². The third kappa shape index (κ3) is 7.51. The molecule has 0 aromatic heterocycles. The number of nitrogens with two attached hydrogens (primary N) is 2. The maximum Gasteiger partial charge on any atom is 0.289 e. The van der Waals surface area contributed by atoms with Crippen molar-refractivity contribution in [3.8, 4) is 0 Å². The smallest absolute Gasteiger partial charge is 0.289 e. The molecular formula is C17H20N4O7S2. The minimum absolute atomic E-state index is 0.0150. The fourth-order valence-electron chi connectivity index (χ4n) is 2.31. The van der Waals surface area contributed by atoms with E-state index in [1.54, 1.807) is 18.2 Å². The monoisotopic (exact) mass is 456 g/mol. The molecule has 0 bridgehead atoms. The fraction of sp³-hybridized carbons (Fsp3) is 0.235. The Morgan fingerprint density at radius 3 is 2.30 bits per heavy atom. The van der Waals surface area contributed by atoms with E-state index in [0.717, 1.165) is 0 Å². The molecule has 0 aliphatic carbocycles. The topological polar surface area (TPSA) is 192 Å². The minimum atomic E-state index is -4.33. The maximum atomic E-state index is 12.2. The Kier molecular flexibility index (Phi) is 7.61. The molecular weight excluding hydrogens is 436 g/mol. The van der Waals surface area contributed by atoms with Gasteiger partial charge in [-0.3, -0.25) is 9.35 Å². The molecule has 30 heavy (non-hydrogen) atoms. The quantitative estimate of drug-likeness (QED) is 0.206. The van der Waals surface area contributed by atoms with Crippen molar-refractivity contribution < 1.29 is 30.9 Å². The van der Waals surface area contributed by atoms with Gasteiger partial charge in [-0.15, -0.1) is 0 Å². The zero-order valence-electron chi connectivity index (χ0n) is 15.6. The number of anilines is 1. The molecule has 2 aromatic rings. The van der Waals surface area contributed by atoms with Crippen LogP contribution in [0.15, 0.2) is 57.6 Å². The van der Waals surface area contributed by atoms with E-state index in [4.69, 9.17) is 16.0 Å². The third-order valence-electron chi connectivity index (χ3n) is 3.67. The van der Waals surface area contributed by atoms with Crippen LogP contribution in [-0.4, -0.2) is 45.6 Å². The molecule has 0 radical (unpaired) electrons. The Bertz CT molecular complexity index is 1150. The van der Waals surface area contributed by atoms with E-state index >= 15 is 0 Å². The van der Waals surface area contributed by atoms with Crippen LogP contribution in [0.25, 0.3) is 0 Å². The van der Waals surface area contributed by atoms with E-state index in [0.29, 0.717) is 22.6 Å². The number of hydrogen-bond donors (Lipinski definition) is 3. The van der Waals surface area contributed by atoms with Crippen LogP contribution in [-0.2, 0) is 35.9 Å². The summed E-state index contributed by atoms with van der Waals surface area (Å²) in [5.74, 6) is -2.00. The first-order valence-electron chi connectivity index (χ1n) is 8.40. The van der Waals surface area contributed by atoms with E-state index in [9.17, 15) is 21.6 Å². The van der Waals surface area contributed by atoms with Gasteiger partial charge in [0.1, 0.15) is 0 Å². The van der Waals surface area contributed by atoms with Crippen LogP contribution in [0.3, 0.4) is 0 Å². The van der Waals surface area contributed by atoms with E-state index in [2.05, 4.69) is 15.0 Å². The van der Waals surface area contributed by atoms with Crippen molar-refractivity contribution in [2.75, 3.05) is 24.0 Å². The molecule has 1 amide bonds. The van der Waals surface area contributed by atoms with Gasteiger partial charge in [0.2, 0.25) is 5.91 Å². The number of sulfone groups is 1. The Labute approximate surface area is 173 Å². The summed E-state index contributed by atoms with van der Waals surface area (Å²) in [6.07, 6.45) is -0.0593. The van der Waals surface area contributed by atoms with Gasteiger partial charge >= 0.3 is 0 Å². The van der Waals surface area contributed by atoms with Crippen molar-refractivity contribution in [3.05, 3.63) is 48.0 Å². The summed E-state index contributed by atoms with van der Waals surface area (Å²) >= 11 is 0. The van der Waals surface area contributed by atoms with E-state index in [-0.39, 0.29) is 11.3 Å². The Morgan fingerprint density at radius 1 is 1.03 bits per heavy atom. The molecule has 0 unspecified atom stereocenters. The highest BCUT2D eigenvalue weighted by Gasteiger charge is 2.15. The third-order valence-corrected chi connectivity index (χ3v) is 5.82. The molecule has 5 N–H and O–H groups in total. The highest BCUT2D eigenvalue weighted by atomic mass is 32.2. The number of amides is 1. The lowest BCUT2D eigenvalue weighted by atomic mass is 10.1. The molecule has 162 valence electrons. The van der Waals surface area contributed by atoms with Crippen LogP contribution in [0.2, 0.25) is 0 Å². The summed E-state index contributed by atoms with van der Waals surface area (Å²) in [6.45, 7) is -0.399. The van der Waals surface area contributed by atoms with Crippen molar-refractivity contribution in [3.63, 3.8) is 0 Å². The summed E-state index contributed by atoms with van der Waals surface area (Å²) in [4.78, 5) is 11.2. The highest BCUT2D eigenvalue weighted by molar-refractivity contribution is 7.91. The zero-order valence-corrected chi connectivity index (χ0v) is 17.3. The molecule has 0 aliphatic rings. The lowest BCUT2D eigenvalue weighted by molar-refractivity contribution is -0.117. The van der Waals surface area contributed by atoms with Crippen molar-refractivity contribution in [1.29, 1.82) is 0 Å². The molecule has 11 nitrogen and oxygen atoms in total. The Balaban J connectivity index is 2.08. The number of nitrogens with zero attached hydrogens (tertiary/aromatic N) is 2. The van der Waals surface area contributed by atoms with Gasteiger partial charge in [-0.2, -0.15) is 18.6 Å². The molecule has 0 fully saturated rings. The van der Waals surface area contributed by atoms with E-state index < -0.39 is 44.2 Å². The average molecular weight is 457 g/mol. The largest absolute Gasteiger partial charge is 0.399 e. The lowest BCUT2D eigenvalue weighted by Gasteiger charge is -2.06. The van der Waals surface area contributed by atoms with Crippen LogP contribution in [0.4, 0.5) is 17.1 Å². The van der Waals surface area contributed by atoms with E-state index in [1.807, 2.05) is 0 Å². The molecule has 13 heteroatoms. The lowest BCUT2D eigenvalue weighted by Crippen LogP contribution is -2.16. The molecule has 0 aliphatic heterocycles. The molecule has 0 spiro atoms. The predicted octanol–water partition coefficient (Wildman–Crippen LogP) is 1.35. The van der Waals surface area contributed by atoms with Gasteiger partial charge in [0.15, 0.2) is 15.8 Å². The van der Waals surface area contributed by atoms with Crippen LogP contribution >= 0.6 is 0 Å². The Hall–Kier alpha value is -2.87. The number of carbonyl (C=O) groups excluding carboxylic acids is 1. The van der Waals surface area contributed by atoms with Gasteiger partial charge < -0.3 is 16.2 Å². The average Bonchev–Trinajstić information content (AvgIpc) is 2.64. The number of rotatable bonds is 10. The van der Waals surface area contributed by atoms with Crippen molar-refractivity contribution in [2.45, 2.75) is 11.3 Å². The predicted molar refractivity (Wildman–Crippen MR) is 109 cm³/mol. The summed E-state index contributed by atoms with van der Waals surface area (Å²) in [7, 11) is -8.05. The SMILES string of the molecule is NC(=O)Cc1cc(N)ccc1N=Nc1ccc(S(=O)(=O)CCOCS(=O)(=O)O)cc1. The summed E-state index contributed by atoms with van der Waals surface area (Å²) in [6, 6.07) is 10.3. The van der Waals surface area contributed by atoms with Crippen molar-refractivity contribution >= 4 is 42.9 Å². The molecule has 0 saturated heterocycles. The first-order chi connectivity index (χ1) is 14.0. The molecule has 0 heterocycles. The van der Waals surface area contributed by atoms with Gasteiger partial charge in [0, 0.05) is 5.69 Å². The minimum Gasteiger partial charge on any atom is -0.399 e. The normalized spacial score (nSPS) is 12.3. The van der Waals surface area contributed by atoms with Crippen LogP contribution in [0.1, 0.15) is 5.56 Å². The Morgan fingerprint density at radius 2 is 1.70 bits per heavy atom. The van der Waals surface area contributed by atoms with E-state index in [1.165, 1.54) is 24.3 Å². The first-order valence-corrected chi connectivity index (χ1v) is 11.7. The second-order valence-electron chi connectivity index (χ2n) is 6.15. The van der Waals surface area contributed by atoms with Gasteiger partial charge in [-0.05, 0) is 48.0 Å². The van der Waals surface area contributed by atoms with Gasteiger partial charge in [-0.25, -0.2) is 8.42 Å². The summed E-state index contributed by atoms with van der Waals surface area (Å²) in [5.41, 5.74) is 12.6. The number of azo groups is 1. The summed E-state index contributed by atoms with van der Waals surface area (Å²) in [5, 5.41) is 8.08. The van der Waals surface area contributed by atoms with Gasteiger partial charge in [-0.1, -0.05) is 0 Å². The number of benzene rings is 2. The number of ether oxygens (including phenoxy) is 1. The van der Waals surface area contributed by atoms with Gasteiger partial charge in [0.25, 0.3) is 10.1 Å². The fourth-order valence-corrected chi connectivity index (χ4v) is 3.77. The molecule has 0 saturated carbocycles. The maximum absolute atomic E-state index is 12.2. The van der Waals surface area contributed by atoms with Gasteiger partial charge in [0.05, 0.1) is 35.1 Å². The van der Waals surface area contributed by atoms with Crippen molar-refractivity contribution in [2.24, 2.45) is 16.0 Å². The number of hydrogen-bond acceptors (Lipinski definition) is 9. The standard InChI is InChI=1S/C17H20N4O7S2/c18-13-1-6-16(12(9-13)10-17(19)22)21-20-14-2-4-15(5-3-14)29(23,24)8-7-28-11-30(25,26)27/h1-6,9H,7-8,10-11,18H2,(H2,19,22)(H,25,26,27).